The monoisotopic (exact) mass is 516 g/mol. The fourth-order valence-electron chi connectivity index (χ4n) is 2.62. The van der Waals surface area contributed by atoms with Crippen molar-refractivity contribution in [1.29, 1.82) is 0 Å². The zero-order valence-corrected chi connectivity index (χ0v) is 19.2. The van der Waals surface area contributed by atoms with Crippen molar-refractivity contribution < 1.29 is 32.5 Å². The van der Waals surface area contributed by atoms with Gasteiger partial charge in [-0.1, -0.05) is 0 Å². The van der Waals surface area contributed by atoms with Gasteiger partial charge in [-0.05, 0) is 0 Å². The molecule has 2 nitrogen and oxygen atoms in total. The zero-order valence-electron chi connectivity index (χ0n) is 16.4. The van der Waals surface area contributed by atoms with Crippen LogP contribution in [0.25, 0.3) is 0 Å². The summed E-state index contributed by atoms with van der Waals surface area (Å²) in [5.74, 6) is 0. The van der Waals surface area contributed by atoms with Crippen LogP contribution in [-0.4, -0.2) is 70.5 Å². The molecule has 0 aliphatic carbocycles. The van der Waals surface area contributed by atoms with E-state index in [9.17, 15) is 26.3 Å². The van der Waals surface area contributed by atoms with Crippen LogP contribution in [0.15, 0.2) is 0 Å². The summed E-state index contributed by atoms with van der Waals surface area (Å²) in [6.45, 7) is 1.24. The van der Waals surface area contributed by atoms with E-state index in [1.807, 2.05) is 13.8 Å². The van der Waals surface area contributed by atoms with Crippen LogP contribution in [0.2, 0.25) is 8.87 Å². The van der Waals surface area contributed by atoms with Gasteiger partial charge >= 0.3 is 164 Å². The van der Waals surface area contributed by atoms with Gasteiger partial charge in [0.2, 0.25) is 0 Å². The third-order valence-corrected chi connectivity index (χ3v) is 14.3. The standard InChI is InChI=1S/2C5H11O.2C4H6F3.Sn/c2*1-2-3-4-5-6;2*1-3(6)4(7)2-5;/h2*2-5H2,1H3;2*3-4H,1-2H2;/q2*-1;;;+2. The Kier molecular flexibility index (Phi) is 16.3. The van der Waals surface area contributed by atoms with Crippen molar-refractivity contribution in [1.82, 2.24) is 0 Å². The summed E-state index contributed by atoms with van der Waals surface area (Å²) >= 11 is -4.66. The van der Waals surface area contributed by atoms with Crippen molar-refractivity contribution in [2.45, 2.75) is 85.9 Å². The van der Waals surface area contributed by atoms with Crippen LogP contribution >= 0.6 is 0 Å². The van der Waals surface area contributed by atoms with Crippen LogP contribution in [0.4, 0.5) is 26.3 Å². The van der Waals surface area contributed by atoms with Gasteiger partial charge in [0.25, 0.3) is 0 Å². The van der Waals surface area contributed by atoms with Crippen molar-refractivity contribution in [2.75, 3.05) is 26.6 Å². The molecule has 0 aromatic carbocycles. The molecule has 0 spiro atoms. The summed E-state index contributed by atoms with van der Waals surface area (Å²) in [6.07, 6.45) is -4.48. The molecule has 0 fully saturated rings. The Morgan fingerprint density at radius 3 is 1.30 bits per heavy atom. The zero-order chi connectivity index (χ0) is 20.7. The number of rotatable bonds is 18. The second-order valence-corrected chi connectivity index (χ2v) is 16.0. The molecule has 0 aliphatic heterocycles. The molecule has 0 saturated heterocycles. The molecular weight excluding hydrogens is 481 g/mol. The van der Waals surface area contributed by atoms with E-state index in [0.717, 1.165) is 25.7 Å². The maximum absolute atomic E-state index is 14.2. The average molecular weight is 515 g/mol. The molecule has 0 saturated carbocycles. The predicted octanol–water partition coefficient (Wildman–Crippen LogP) is 6.13. The van der Waals surface area contributed by atoms with Gasteiger partial charge in [-0.3, -0.25) is 0 Å². The van der Waals surface area contributed by atoms with E-state index in [-0.39, 0.29) is 13.2 Å². The van der Waals surface area contributed by atoms with Crippen LogP contribution in [0.1, 0.15) is 52.4 Å². The predicted molar refractivity (Wildman–Crippen MR) is 97.9 cm³/mol. The van der Waals surface area contributed by atoms with Gasteiger partial charge in [-0.25, -0.2) is 0 Å². The Balaban J connectivity index is 5.29. The summed E-state index contributed by atoms with van der Waals surface area (Å²) < 4.78 is 90.6. The second-order valence-electron chi connectivity index (χ2n) is 6.80. The third-order valence-electron chi connectivity index (χ3n) is 4.32. The fourth-order valence-corrected chi connectivity index (χ4v) is 12.5. The second kappa shape index (κ2) is 16.1. The summed E-state index contributed by atoms with van der Waals surface area (Å²) in [4.78, 5) is 0. The first-order chi connectivity index (χ1) is 12.9. The fraction of sp³-hybridized carbons (Fsp3) is 1.00. The van der Waals surface area contributed by atoms with Gasteiger partial charge in [0.05, 0.1) is 0 Å². The molecule has 0 aromatic rings. The van der Waals surface area contributed by atoms with Crippen molar-refractivity contribution in [3.63, 3.8) is 0 Å². The Morgan fingerprint density at radius 2 is 1.00 bits per heavy atom. The minimum atomic E-state index is -4.66. The minimum absolute atomic E-state index is 0.163. The van der Waals surface area contributed by atoms with Crippen molar-refractivity contribution in [3.05, 3.63) is 0 Å². The van der Waals surface area contributed by atoms with E-state index in [2.05, 4.69) is 0 Å². The summed E-state index contributed by atoms with van der Waals surface area (Å²) in [7, 11) is 0. The maximum atomic E-state index is 14.2. The Labute approximate surface area is 164 Å². The number of alkyl halides is 6. The Bertz CT molecular complexity index is 322. The first kappa shape index (κ1) is 27.3. The van der Waals surface area contributed by atoms with Crippen LogP contribution < -0.4 is 0 Å². The van der Waals surface area contributed by atoms with Gasteiger partial charge in [-0.2, -0.15) is 0 Å². The summed E-state index contributed by atoms with van der Waals surface area (Å²) in [5.41, 5.74) is 0. The number of halogens is 6. The van der Waals surface area contributed by atoms with E-state index in [1.165, 1.54) is 0 Å². The van der Waals surface area contributed by atoms with Gasteiger partial charge in [-0.15, -0.1) is 0 Å². The molecule has 0 radical (unpaired) electrons. The quantitative estimate of drug-likeness (QED) is 0.124. The molecule has 164 valence electrons. The van der Waals surface area contributed by atoms with Gasteiger partial charge in [0, 0.05) is 0 Å². The van der Waals surface area contributed by atoms with E-state index in [1.54, 1.807) is 0 Å². The Morgan fingerprint density at radius 1 is 0.630 bits per heavy atom. The van der Waals surface area contributed by atoms with Crippen molar-refractivity contribution >= 4 is 19.2 Å². The van der Waals surface area contributed by atoms with Crippen LogP contribution in [0, 0.1) is 0 Å². The van der Waals surface area contributed by atoms with Crippen LogP contribution in [-0.2, 0) is 6.15 Å². The van der Waals surface area contributed by atoms with E-state index in [4.69, 9.17) is 6.15 Å². The topological polar surface area (TPSA) is 18.5 Å². The van der Waals surface area contributed by atoms with Gasteiger partial charge in [0.1, 0.15) is 0 Å². The molecule has 0 heterocycles. The van der Waals surface area contributed by atoms with Crippen molar-refractivity contribution in [2.24, 2.45) is 0 Å². The summed E-state index contributed by atoms with van der Waals surface area (Å²) in [5, 5.41) is 0. The van der Waals surface area contributed by atoms with Gasteiger partial charge in [0.15, 0.2) is 0 Å². The molecule has 0 bridgehead atoms. The number of unbranched alkanes of at least 4 members (excludes halogenated alkanes) is 4. The Hall–Kier alpha value is 0.299. The summed E-state index contributed by atoms with van der Waals surface area (Å²) in [6, 6.07) is 0. The first-order valence-electron chi connectivity index (χ1n) is 9.81. The van der Waals surface area contributed by atoms with E-state index >= 15 is 0 Å². The number of hydrogen-bond acceptors (Lipinski definition) is 2. The molecule has 27 heavy (non-hydrogen) atoms. The third kappa shape index (κ3) is 11.8. The molecule has 4 unspecified atom stereocenters. The molecular formula is C18H34F6O2Sn. The van der Waals surface area contributed by atoms with E-state index in [0.29, 0.717) is 12.8 Å². The number of hydrogen-bond donors (Lipinski definition) is 0. The molecule has 0 aliphatic rings. The molecule has 0 amide bonds. The normalized spacial score (nSPS) is 16.9. The molecule has 9 heteroatoms. The average Bonchev–Trinajstić information content (AvgIpc) is 2.67. The van der Waals surface area contributed by atoms with Crippen LogP contribution in [0.3, 0.4) is 0 Å². The van der Waals surface area contributed by atoms with Gasteiger partial charge < -0.3 is 0 Å². The molecule has 0 aromatic heterocycles. The van der Waals surface area contributed by atoms with Crippen molar-refractivity contribution in [3.8, 4) is 0 Å². The molecule has 0 N–H and O–H groups in total. The first-order valence-corrected chi connectivity index (χ1v) is 16.2. The SMILES string of the molecule is CCCCC[O][Sn]([CH2]C(F)C(F)CF)([CH2]C(F)C(F)CF)[O]CCCCC. The van der Waals surface area contributed by atoms with E-state index < -0.39 is 66.1 Å². The van der Waals surface area contributed by atoms with Crippen LogP contribution in [0.5, 0.6) is 0 Å². The molecule has 4 atom stereocenters. The molecule has 0 rings (SSSR count).